The van der Waals surface area contributed by atoms with Crippen LogP contribution >= 0.6 is 11.8 Å². The van der Waals surface area contributed by atoms with Crippen LogP contribution in [0.1, 0.15) is 27.2 Å². The molecule has 0 amide bonds. The molecule has 0 aliphatic heterocycles. The molecule has 20 heavy (non-hydrogen) atoms. The minimum absolute atomic E-state index is 0.505. The Morgan fingerprint density at radius 2 is 2.10 bits per heavy atom. The standard InChI is InChI=1S/C14H25N3O2S/c1-5-6-15-12-9-13(17-14(16-12)20-4)19-8-7-18-10-11(2)3/h9,11H,5-8,10H2,1-4H3,(H,15,16,17). The Bertz CT molecular complexity index is 389. The number of nitrogens with zero attached hydrogens (tertiary/aromatic N) is 2. The van der Waals surface area contributed by atoms with Crippen molar-refractivity contribution in [3.05, 3.63) is 6.07 Å². The zero-order valence-electron chi connectivity index (χ0n) is 12.8. The molecule has 1 aromatic rings. The van der Waals surface area contributed by atoms with Crippen molar-refractivity contribution in [2.75, 3.05) is 37.9 Å². The van der Waals surface area contributed by atoms with Gasteiger partial charge in [0.15, 0.2) is 5.16 Å². The van der Waals surface area contributed by atoms with E-state index in [-0.39, 0.29) is 0 Å². The maximum Gasteiger partial charge on any atom is 0.219 e. The van der Waals surface area contributed by atoms with Crippen LogP contribution in [0.5, 0.6) is 5.88 Å². The largest absolute Gasteiger partial charge is 0.475 e. The average Bonchev–Trinajstić information content (AvgIpc) is 2.44. The molecule has 1 aromatic heterocycles. The number of hydrogen-bond donors (Lipinski definition) is 1. The number of hydrogen-bond acceptors (Lipinski definition) is 6. The van der Waals surface area contributed by atoms with Crippen molar-refractivity contribution in [3.63, 3.8) is 0 Å². The highest BCUT2D eigenvalue weighted by molar-refractivity contribution is 7.98. The molecule has 0 aromatic carbocycles. The smallest absolute Gasteiger partial charge is 0.219 e. The molecule has 0 atom stereocenters. The van der Waals surface area contributed by atoms with Crippen molar-refractivity contribution in [1.29, 1.82) is 0 Å². The lowest BCUT2D eigenvalue weighted by atomic mass is 10.2. The molecule has 0 unspecified atom stereocenters. The summed E-state index contributed by atoms with van der Waals surface area (Å²) >= 11 is 1.50. The van der Waals surface area contributed by atoms with Crippen LogP contribution < -0.4 is 10.1 Å². The van der Waals surface area contributed by atoms with Gasteiger partial charge in [0.05, 0.1) is 6.61 Å². The fourth-order valence-electron chi connectivity index (χ4n) is 1.44. The SMILES string of the molecule is CCCNc1cc(OCCOCC(C)C)nc(SC)n1. The number of thioether (sulfide) groups is 1. The first-order valence-corrected chi connectivity index (χ1v) is 8.25. The molecule has 0 aliphatic rings. The van der Waals surface area contributed by atoms with Gasteiger partial charge in [0.25, 0.3) is 0 Å². The van der Waals surface area contributed by atoms with Gasteiger partial charge in [-0.15, -0.1) is 0 Å². The monoisotopic (exact) mass is 299 g/mol. The summed E-state index contributed by atoms with van der Waals surface area (Å²) in [7, 11) is 0. The highest BCUT2D eigenvalue weighted by Crippen LogP contribution is 2.18. The quantitative estimate of drug-likeness (QED) is 0.407. The second-order valence-electron chi connectivity index (χ2n) is 4.82. The third kappa shape index (κ3) is 6.96. The zero-order chi connectivity index (χ0) is 14.8. The number of rotatable bonds is 10. The Morgan fingerprint density at radius 3 is 2.75 bits per heavy atom. The molecule has 6 heteroatoms. The lowest BCUT2D eigenvalue weighted by molar-refractivity contribution is 0.0804. The van der Waals surface area contributed by atoms with Crippen LogP contribution in [0, 0.1) is 5.92 Å². The minimum Gasteiger partial charge on any atom is -0.475 e. The van der Waals surface area contributed by atoms with Gasteiger partial charge < -0.3 is 14.8 Å². The summed E-state index contributed by atoms with van der Waals surface area (Å²) in [6, 6.07) is 1.83. The van der Waals surface area contributed by atoms with Crippen LogP contribution in [0.25, 0.3) is 0 Å². The van der Waals surface area contributed by atoms with Crippen molar-refractivity contribution < 1.29 is 9.47 Å². The van der Waals surface area contributed by atoms with E-state index < -0.39 is 0 Å². The van der Waals surface area contributed by atoms with Crippen molar-refractivity contribution in [1.82, 2.24) is 9.97 Å². The predicted octanol–water partition coefficient (Wildman–Crippen LogP) is 3.07. The fourth-order valence-corrected chi connectivity index (χ4v) is 1.81. The van der Waals surface area contributed by atoms with Gasteiger partial charge in [0.2, 0.25) is 5.88 Å². The Kier molecular flexibility index (Phi) is 8.37. The van der Waals surface area contributed by atoms with Crippen molar-refractivity contribution in [2.45, 2.75) is 32.3 Å². The Labute approximate surface area is 125 Å². The molecule has 1 N–H and O–H groups in total. The van der Waals surface area contributed by atoms with E-state index in [1.807, 2.05) is 12.3 Å². The van der Waals surface area contributed by atoms with Crippen LogP contribution in [0.2, 0.25) is 0 Å². The van der Waals surface area contributed by atoms with Gasteiger partial charge in [0.1, 0.15) is 12.4 Å². The Morgan fingerprint density at radius 1 is 1.30 bits per heavy atom. The fraction of sp³-hybridized carbons (Fsp3) is 0.714. The normalized spacial score (nSPS) is 10.8. The van der Waals surface area contributed by atoms with Crippen molar-refractivity contribution in [3.8, 4) is 5.88 Å². The number of nitrogens with one attached hydrogen (secondary N) is 1. The van der Waals surface area contributed by atoms with Gasteiger partial charge in [0, 0.05) is 19.2 Å². The molecule has 1 heterocycles. The molecule has 5 nitrogen and oxygen atoms in total. The highest BCUT2D eigenvalue weighted by Gasteiger charge is 2.05. The molecule has 114 valence electrons. The Balaban J connectivity index is 2.46. The average molecular weight is 299 g/mol. The summed E-state index contributed by atoms with van der Waals surface area (Å²) in [6.07, 6.45) is 3.01. The van der Waals surface area contributed by atoms with E-state index in [0.29, 0.717) is 30.2 Å². The molecule has 0 saturated heterocycles. The highest BCUT2D eigenvalue weighted by atomic mass is 32.2. The van der Waals surface area contributed by atoms with Gasteiger partial charge >= 0.3 is 0 Å². The minimum atomic E-state index is 0.505. The van der Waals surface area contributed by atoms with E-state index in [2.05, 4.69) is 36.1 Å². The van der Waals surface area contributed by atoms with Gasteiger partial charge in [-0.2, -0.15) is 4.98 Å². The van der Waals surface area contributed by atoms with E-state index in [0.717, 1.165) is 25.4 Å². The summed E-state index contributed by atoms with van der Waals surface area (Å²) in [5.41, 5.74) is 0. The number of aromatic nitrogens is 2. The molecule has 0 bridgehead atoms. The van der Waals surface area contributed by atoms with Crippen LogP contribution in [-0.2, 0) is 4.74 Å². The third-order valence-corrected chi connectivity index (χ3v) is 2.90. The van der Waals surface area contributed by atoms with E-state index in [1.165, 1.54) is 11.8 Å². The van der Waals surface area contributed by atoms with Gasteiger partial charge in [-0.25, -0.2) is 4.98 Å². The van der Waals surface area contributed by atoms with Crippen molar-refractivity contribution >= 4 is 17.6 Å². The van der Waals surface area contributed by atoms with Crippen LogP contribution in [-0.4, -0.2) is 42.6 Å². The van der Waals surface area contributed by atoms with E-state index in [9.17, 15) is 0 Å². The van der Waals surface area contributed by atoms with Crippen LogP contribution in [0.4, 0.5) is 5.82 Å². The predicted molar refractivity (Wildman–Crippen MR) is 83.7 cm³/mol. The number of ether oxygens (including phenoxy) is 2. The van der Waals surface area contributed by atoms with Gasteiger partial charge in [-0.3, -0.25) is 0 Å². The van der Waals surface area contributed by atoms with E-state index in [4.69, 9.17) is 9.47 Å². The molecule has 0 saturated carbocycles. The lowest BCUT2D eigenvalue weighted by Crippen LogP contribution is -2.11. The molecule has 1 rings (SSSR count). The summed E-state index contributed by atoms with van der Waals surface area (Å²) < 4.78 is 11.1. The van der Waals surface area contributed by atoms with Crippen LogP contribution in [0.15, 0.2) is 11.2 Å². The second kappa shape index (κ2) is 9.83. The summed E-state index contributed by atoms with van der Waals surface area (Å²) in [5, 5.41) is 3.96. The van der Waals surface area contributed by atoms with E-state index >= 15 is 0 Å². The first-order chi connectivity index (χ1) is 9.65. The topological polar surface area (TPSA) is 56.3 Å². The van der Waals surface area contributed by atoms with Gasteiger partial charge in [-0.05, 0) is 18.6 Å². The summed E-state index contributed by atoms with van der Waals surface area (Å²) in [5.74, 6) is 1.95. The number of anilines is 1. The molecular weight excluding hydrogens is 274 g/mol. The van der Waals surface area contributed by atoms with Gasteiger partial charge in [-0.1, -0.05) is 32.5 Å². The Hall–Kier alpha value is -1.01. The first kappa shape index (κ1) is 17.0. The molecule has 0 radical (unpaired) electrons. The summed E-state index contributed by atoms with van der Waals surface area (Å²) in [4.78, 5) is 8.71. The maximum atomic E-state index is 5.62. The summed E-state index contributed by atoms with van der Waals surface area (Å²) in [6.45, 7) is 9.10. The third-order valence-electron chi connectivity index (χ3n) is 2.35. The van der Waals surface area contributed by atoms with Crippen molar-refractivity contribution in [2.24, 2.45) is 5.92 Å². The molecular formula is C14H25N3O2S. The molecule has 0 spiro atoms. The molecule has 0 fully saturated rings. The zero-order valence-corrected chi connectivity index (χ0v) is 13.6. The van der Waals surface area contributed by atoms with E-state index in [1.54, 1.807) is 0 Å². The lowest BCUT2D eigenvalue weighted by Gasteiger charge is -2.10. The second-order valence-corrected chi connectivity index (χ2v) is 5.60. The first-order valence-electron chi connectivity index (χ1n) is 7.03. The maximum absolute atomic E-state index is 5.62. The van der Waals surface area contributed by atoms with Crippen LogP contribution in [0.3, 0.4) is 0 Å². The molecule has 0 aliphatic carbocycles.